The van der Waals surface area contributed by atoms with Crippen molar-refractivity contribution < 1.29 is 14.4 Å². The number of carbonyl (C=O) groups is 3. The SMILES string of the molecule is CC(=O)C1=C(C(=O)N(C(=O)c2cncc(C)c2)c2cc(C)c(C)cc2C)CCCC1. The van der Waals surface area contributed by atoms with Gasteiger partial charge in [-0.05, 0) is 94.7 Å². The van der Waals surface area contributed by atoms with Gasteiger partial charge in [-0.25, -0.2) is 4.90 Å². The summed E-state index contributed by atoms with van der Waals surface area (Å²) in [7, 11) is 0. The fourth-order valence-electron chi connectivity index (χ4n) is 3.96. The van der Waals surface area contributed by atoms with Crippen molar-refractivity contribution in [1.29, 1.82) is 0 Å². The predicted molar refractivity (Wildman–Crippen MR) is 118 cm³/mol. The summed E-state index contributed by atoms with van der Waals surface area (Å²) < 4.78 is 0. The quantitative estimate of drug-likeness (QED) is 0.676. The predicted octanol–water partition coefficient (Wildman–Crippen LogP) is 4.95. The third-order valence-electron chi connectivity index (χ3n) is 5.73. The molecule has 0 fully saturated rings. The lowest BCUT2D eigenvalue weighted by molar-refractivity contribution is -0.117. The highest BCUT2D eigenvalue weighted by atomic mass is 16.2. The van der Waals surface area contributed by atoms with E-state index in [0.717, 1.165) is 35.1 Å². The number of hydrogen-bond donors (Lipinski definition) is 0. The summed E-state index contributed by atoms with van der Waals surface area (Å²) in [6, 6.07) is 5.58. The normalized spacial score (nSPS) is 13.9. The molecule has 1 aliphatic rings. The number of amides is 2. The molecule has 2 aromatic rings. The van der Waals surface area contributed by atoms with Gasteiger partial charge in [-0.1, -0.05) is 6.07 Å². The molecule has 0 radical (unpaired) electrons. The fourth-order valence-corrected chi connectivity index (χ4v) is 3.96. The van der Waals surface area contributed by atoms with Crippen LogP contribution in [0.4, 0.5) is 5.69 Å². The van der Waals surface area contributed by atoms with Crippen molar-refractivity contribution in [3.63, 3.8) is 0 Å². The van der Waals surface area contributed by atoms with E-state index in [-0.39, 0.29) is 5.78 Å². The van der Waals surface area contributed by atoms with E-state index in [4.69, 9.17) is 0 Å². The van der Waals surface area contributed by atoms with E-state index in [1.807, 2.05) is 39.8 Å². The van der Waals surface area contributed by atoms with Crippen molar-refractivity contribution in [1.82, 2.24) is 4.98 Å². The van der Waals surface area contributed by atoms with Gasteiger partial charge < -0.3 is 0 Å². The van der Waals surface area contributed by atoms with Crippen molar-refractivity contribution in [2.24, 2.45) is 0 Å². The fraction of sp³-hybridized carbons (Fsp3) is 0.360. The van der Waals surface area contributed by atoms with Crippen molar-refractivity contribution in [2.75, 3.05) is 4.90 Å². The van der Waals surface area contributed by atoms with Crippen molar-refractivity contribution >= 4 is 23.3 Å². The molecular formula is C25H28N2O3. The van der Waals surface area contributed by atoms with Crippen LogP contribution in [-0.4, -0.2) is 22.6 Å². The molecule has 2 amide bonds. The molecule has 0 unspecified atom stereocenters. The lowest BCUT2D eigenvalue weighted by Crippen LogP contribution is -2.40. The molecular weight excluding hydrogens is 376 g/mol. The Balaban J connectivity index is 2.20. The summed E-state index contributed by atoms with van der Waals surface area (Å²) in [4.78, 5) is 44.9. The third kappa shape index (κ3) is 4.25. The molecule has 5 heteroatoms. The number of benzene rings is 1. The molecule has 0 aliphatic heterocycles. The molecule has 156 valence electrons. The summed E-state index contributed by atoms with van der Waals surface area (Å²) in [5.74, 6) is -0.930. The van der Waals surface area contributed by atoms with Crippen LogP contribution < -0.4 is 4.90 Å². The van der Waals surface area contributed by atoms with E-state index in [1.165, 1.54) is 18.0 Å². The highest BCUT2D eigenvalue weighted by Crippen LogP contribution is 2.32. The van der Waals surface area contributed by atoms with E-state index in [0.29, 0.717) is 35.2 Å². The lowest BCUT2D eigenvalue weighted by atomic mass is 9.88. The Bertz CT molecular complexity index is 1070. The first-order valence-electron chi connectivity index (χ1n) is 10.3. The van der Waals surface area contributed by atoms with E-state index in [1.54, 1.807) is 12.3 Å². The van der Waals surface area contributed by atoms with Crippen molar-refractivity contribution in [3.05, 3.63) is 69.6 Å². The minimum Gasteiger partial charge on any atom is -0.295 e. The molecule has 1 heterocycles. The maximum absolute atomic E-state index is 13.7. The highest BCUT2D eigenvalue weighted by molar-refractivity contribution is 6.27. The topological polar surface area (TPSA) is 67.3 Å². The molecule has 1 aromatic carbocycles. The largest absolute Gasteiger partial charge is 0.295 e. The number of rotatable bonds is 4. The van der Waals surface area contributed by atoms with E-state index >= 15 is 0 Å². The van der Waals surface area contributed by atoms with Gasteiger partial charge in [0, 0.05) is 23.5 Å². The second-order valence-corrected chi connectivity index (χ2v) is 8.14. The van der Waals surface area contributed by atoms with E-state index in [9.17, 15) is 14.4 Å². The molecule has 3 rings (SSSR count). The van der Waals surface area contributed by atoms with Gasteiger partial charge in [-0.3, -0.25) is 19.4 Å². The average Bonchev–Trinajstić information content (AvgIpc) is 2.71. The van der Waals surface area contributed by atoms with Crippen LogP contribution in [0.15, 0.2) is 41.7 Å². The molecule has 30 heavy (non-hydrogen) atoms. The second kappa shape index (κ2) is 8.74. The van der Waals surface area contributed by atoms with Crippen LogP contribution in [-0.2, 0) is 9.59 Å². The molecule has 1 aromatic heterocycles. The summed E-state index contributed by atoms with van der Waals surface area (Å²) in [5.41, 5.74) is 5.67. The minimum atomic E-state index is -0.427. The van der Waals surface area contributed by atoms with Gasteiger partial charge in [0.1, 0.15) is 0 Å². The Morgan fingerprint density at radius 1 is 0.800 bits per heavy atom. The second-order valence-electron chi connectivity index (χ2n) is 8.14. The van der Waals surface area contributed by atoms with Gasteiger partial charge >= 0.3 is 0 Å². The number of allylic oxidation sites excluding steroid dienone is 1. The number of hydrogen-bond acceptors (Lipinski definition) is 4. The molecule has 5 nitrogen and oxygen atoms in total. The smallest absolute Gasteiger partial charge is 0.266 e. The van der Waals surface area contributed by atoms with Gasteiger partial charge in [0.05, 0.1) is 11.3 Å². The Labute approximate surface area is 177 Å². The van der Waals surface area contributed by atoms with Gasteiger partial charge in [0.25, 0.3) is 11.8 Å². The van der Waals surface area contributed by atoms with E-state index in [2.05, 4.69) is 4.98 Å². The summed E-state index contributed by atoms with van der Waals surface area (Å²) in [6.07, 6.45) is 5.95. The first-order chi connectivity index (χ1) is 14.2. The van der Waals surface area contributed by atoms with Crippen LogP contribution in [0, 0.1) is 27.7 Å². The molecule has 0 atom stereocenters. The van der Waals surface area contributed by atoms with Crippen LogP contribution in [0.2, 0.25) is 0 Å². The number of pyridine rings is 1. The van der Waals surface area contributed by atoms with Gasteiger partial charge in [-0.15, -0.1) is 0 Å². The lowest BCUT2D eigenvalue weighted by Gasteiger charge is -2.27. The first-order valence-corrected chi connectivity index (χ1v) is 10.3. The average molecular weight is 405 g/mol. The Hall–Kier alpha value is -3.08. The zero-order valence-corrected chi connectivity index (χ0v) is 18.3. The van der Waals surface area contributed by atoms with Gasteiger partial charge in [0.15, 0.2) is 5.78 Å². The number of carbonyl (C=O) groups excluding carboxylic acids is 3. The van der Waals surface area contributed by atoms with Crippen molar-refractivity contribution in [2.45, 2.75) is 60.3 Å². The maximum Gasteiger partial charge on any atom is 0.266 e. The number of nitrogens with zero attached hydrogens (tertiary/aromatic N) is 2. The zero-order valence-electron chi connectivity index (χ0n) is 18.3. The van der Waals surface area contributed by atoms with Crippen LogP contribution in [0.5, 0.6) is 0 Å². The number of ketones is 1. The number of aromatic nitrogens is 1. The monoisotopic (exact) mass is 404 g/mol. The summed E-state index contributed by atoms with van der Waals surface area (Å²) in [5, 5.41) is 0. The van der Waals surface area contributed by atoms with Crippen LogP contribution in [0.3, 0.4) is 0 Å². The molecule has 0 spiro atoms. The highest BCUT2D eigenvalue weighted by Gasteiger charge is 2.32. The molecule has 1 aliphatic carbocycles. The first kappa shape index (κ1) is 21.6. The van der Waals surface area contributed by atoms with E-state index < -0.39 is 11.8 Å². The van der Waals surface area contributed by atoms with Crippen molar-refractivity contribution in [3.8, 4) is 0 Å². The van der Waals surface area contributed by atoms with Crippen LogP contribution >= 0.6 is 0 Å². The van der Waals surface area contributed by atoms with Crippen LogP contribution in [0.25, 0.3) is 0 Å². The number of aryl methyl sites for hydroxylation is 4. The summed E-state index contributed by atoms with van der Waals surface area (Å²) >= 11 is 0. The standard InChI is InChI=1S/C25H28N2O3/c1-15-10-20(14-26-13-15)24(29)27(23-12-17(3)16(2)11-18(23)4)25(30)22-9-7-6-8-21(22)19(5)28/h10-14H,6-9H2,1-5H3. The maximum atomic E-state index is 13.7. The molecule has 0 N–H and O–H groups in total. The zero-order chi connectivity index (χ0) is 22.0. The molecule has 0 saturated heterocycles. The van der Waals surface area contributed by atoms with Gasteiger partial charge in [0.2, 0.25) is 0 Å². The van der Waals surface area contributed by atoms with Crippen LogP contribution in [0.1, 0.15) is 65.2 Å². The Morgan fingerprint density at radius 3 is 2.07 bits per heavy atom. The Kier molecular flexibility index (Phi) is 6.30. The number of Topliss-reactive ketones (excluding diaryl/α,β-unsaturated/α-hetero) is 1. The Morgan fingerprint density at radius 2 is 1.43 bits per heavy atom. The number of imide groups is 1. The molecule has 0 bridgehead atoms. The van der Waals surface area contributed by atoms with Gasteiger partial charge in [-0.2, -0.15) is 0 Å². The minimum absolute atomic E-state index is 0.0977. The number of anilines is 1. The molecule has 0 saturated carbocycles. The summed E-state index contributed by atoms with van der Waals surface area (Å²) in [6.45, 7) is 9.20. The third-order valence-corrected chi connectivity index (χ3v) is 5.73.